The Morgan fingerprint density at radius 3 is 3.00 bits per heavy atom. The summed E-state index contributed by atoms with van der Waals surface area (Å²) >= 11 is 6.08. The Morgan fingerprint density at radius 2 is 2.26 bits per heavy atom. The lowest BCUT2D eigenvalue weighted by Crippen LogP contribution is -2.01. The standard InChI is InChI=1S/C12H11ClN4O2/c1-2-19-11(18)7-8-17-12(14-15-16-17)9-5-3-4-6-10(9)13/h3-8H,2H2,1H3/b8-7-. The Hall–Kier alpha value is -2.21. The molecule has 98 valence electrons. The third kappa shape index (κ3) is 3.17. The van der Waals surface area contributed by atoms with Gasteiger partial charge < -0.3 is 4.74 Å². The van der Waals surface area contributed by atoms with E-state index < -0.39 is 5.97 Å². The van der Waals surface area contributed by atoms with Crippen LogP contribution in [0, 0.1) is 0 Å². The smallest absolute Gasteiger partial charge is 0.332 e. The fourth-order valence-corrected chi connectivity index (χ4v) is 1.66. The van der Waals surface area contributed by atoms with E-state index in [1.807, 2.05) is 12.1 Å². The number of rotatable bonds is 4. The maximum absolute atomic E-state index is 11.2. The summed E-state index contributed by atoms with van der Waals surface area (Å²) in [6.07, 6.45) is 2.68. The molecule has 0 spiro atoms. The molecule has 0 aliphatic heterocycles. The first-order valence-electron chi connectivity index (χ1n) is 5.60. The van der Waals surface area contributed by atoms with Gasteiger partial charge in [0.1, 0.15) is 0 Å². The minimum Gasteiger partial charge on any atom is -0.463 e. The summed E-state index contributed by atoms with van der Waals surface area (Å²) in [5, 5.41) is 11.7. The Kier molecular flexibility index (Phi) is 4.25. The zero-order valence-electron chi connectivity index (χ0n) is 10.2. The number of ether oxygens (including phenoxy) is 1. The summed E-state index contributed by atoms with van der Waals surface area (Å²) in [6.45, 7) is 2.05. The Morgan fingerprint density at radius 1 is 1.47 bits per heavy atom. The highest BCUT2D eigenvalue weighted by Crippen LogP contribution is 2.24. The van der Waals surface area contributed by atoms with E-state index in [0.717, 1.165) is 0 Å². The van der Waals surface area contributed by atoms with Crippen LogP contribution >= 0.6 is 11.6 Å². The normalized spacial score (nSPS) is 10.8. The van der Waals surface area contributed by atoms with E-state index >= 15 is 0 Å². The molecule has 0 aliphatic carbocycles. The van der Waals surface area contributed by atoms with Gasteiger partial charge in [-0.15, -0.1) is 5.10 Å². The molecule has 0 fully saturated rings. The van der Waals surface area contributed by atoms with E-state index in [4.69, 9.17) is 16.3 Å². The largest absolute Gasteiger partial charge is 0.463 e. The van der Waals surface area contributed by atoms with Crippen molar-refractivity contribution >= 4 is 23.8 Å². The number of halogens is 1. The highest BCUT2D eigenvalue weighted by atomic mass is 35.5. The maximum Gasteiger partial charge on any atom is 0.332 e. The molecule has 1 heterocycles. The topological polar surface area (TPSA) is 69.9 Å². The van der Waals surface area contributed by atoms with E-state index in [2.05, 4.69) is 15.5 Å². The molecular weight excluding hydrogens is 268 g/mol. The van der Waals surface area contributed by atoms with Crippen molar-refractivity contribution in [2.45, 2.75) is 6.92 Å². The Balaban J connectivity index is 2.28. The van der Waals surface area contributed by atoms with Gasteiger partial charge in [0.25, 0.3) is 0 Å². The number of hydrogen-bond acceptors (Lipinski definition) is 5. The van der Waals surface area contributed by atoms with Crippen LogP contribution in [0.15, 0.2) is 30.3 Å². The van der Waals surface area contributed by atoms with Gasteiger partial charge >= 0.3 is 5.97 Å². The second-order valence-electron chi connectivity index (χ2n) is 3.49. The van der Waals surface area contributed by atoms with Gasteiger partial charge in [-0.25, -0.2) is 4.79 Å². The molecule has 0 radical (unpaired) electrons. The van der Waals surface area contributed by atoms with Gasteiger partial charge in [0, 0.05) is 17.8 Å². The predicted molar refractivity (Wildman–Crippen MR) is 70.2 cm³/mol. The van der Waals surface area contributed by atoms with Gasteiger partial charge in [-0.05, 0) is 29.5 Å². The van der Waals surface area contributed by atoms with Crippen molar-refractivity contribution < 1.29 is 9.53 Å². The average molecular weight is 279 g/mol. The molecule has 0 atom stereocenters. The van der Waals surface area contributed by atoms with Crippen LogP contribution in [0.5, 0.6) is 0 Å². The summed E-state index contributed by atoms with van der Waals surface area (Å²) in [6, 6.07) is 7.18. The number of carbonyl (C=O) groups excluding carboxylic acids is 1. The van der Waals surface area contributed by atoms with Crippen molar-refractivity contribution in [3.05, 3.63) is 35.4 Å². The average Bonchev–Trinajstić information content (AvgIpc) is 2.85. The van der Waals surface area contributed by atoms with E-state index in [9.17, 15) is 4.79 Å². The van der Waals surface area contributed by atoms with E-state index in [-0.39, 0.29) is 0 Å². The molecule has 0 saturated heterocycles. The first-order valence-corrected chi connectivity index (χ1v) is 5.98. The number of nitrogens with zero attached hydrogens (tertiary/aromatic N) is 4. The molecule has 0 amide bonds. The monoisotopic (exact) mass is 278 g/mol. The summed E-state index contributed by atoms with van der Waals surface area (Å²) in [5.74, 6) is -0.00532. The first kappa shape index (κ1) is 13.2. The second-order valence-corrected chi connectivity index (χ2v) is 3.90. The molecule has 0 aliphatic rings. The number of tetrazole rings is 1. The quantitative estimate of drug-likeness (QED) is 0.632. The first-order chi connectivity index (χ1) is 9.22. The van der Waals surface area contributed by atoms with Gasteiger partial charge in [-0.1, -0.05) is 23.7 Å². The van der Waals surface area contributed by atoms with Crippen molar-refractivity contribution in [1.82, 2.24) is 20.2 Å². The molecule has 2 aromatic rings. The van der Waals surface area contributed by atoms with Crippen LogP contribution in [0.3, 0.4) is 0 Å². The second kappa shape index (κ2) is 6.10. The number of aromatic nitrogens is 4. The molecular formula is C12H11ClN4O2. The molecule has 6 nitrogen and oxygen atoms in total. The molecule has 1 aromatic heterocycles. The SMILES string of the molecule is CCOC(=O)/C=C\n1nnnc1-c1ccccc1Cl. The third-order valence-electron chi connectivity index (χ3n) is 2.25. The maximum atomic E-state index is 11.2. The van der Waals surface area contributed by atoms with Crippen LogP contribution in [0.4, 0.5) is 0 Å². The molecule has 2 rings (SSSR count). The van der Waals surface area contributed by atoms with Gasteiger partial charge in [-0.3, -0.25) is 0 Å². The lowest BCUT2D eigenvalue weighted by Gasteiger charge is -2.01. The lowest BCUT2D eigenvalue weighted by molar-refractivity contribution is -0.137. The zero-order chi connectivity index (χ0) is 13.7. The molecule has 0 unspecified atom stereocenters. The fourth-order valence-electron chi connectivity index (χ4n) is 1.44. The van der Waals surface area contributed by atoms with E-state index in [1.165, 1.54) is 17.0 Å². The van der Waals surface area contributed by atoms with Crippen molar-refractivity contribution in [3.8, 4) is 11.4 Å². The Labute approximate surface area is 114 Å². The van der Waals surface area contributed by atoms with Crippen LogP contribution in [0.2, 0.25) is 5.02 Å². The highest BCUT2D eigenvalue weighted by molar-refractivity contribution is 6.33. The Bertz CT molecular complexity index is 609. The van der Waals surface area contributed by atoms with Gasteiger partial charge in [0.05, 0.1) is 11.6 Å². The van der Waals surface area contributed by atoms with E-state index in [1.54, 1.807) is 19.1 Å². The molecule has 0 N–H and O–H groups in total. The summed E-state index contributed by atoms with van der Waals surface area (Å²) < 4.78 is 6.14. The lowest BCUT2D eigenvalue weighted by atomic mass is 10.2. The van der Waals surface area contributed by atoms with Crippen LogP contribution < -0.4 is 0 Å². The number of hydrogen-bond donors (Lipinski definition) is 0. The zero-order valence-corrected chi connectivity index (χ0v) is 10.9. The van der Waals surface area contributed by atoms with Crippen molar-refractivity contribution in [1.29, 1.82) is 0 Å². The minimum atomic E-state index is -0.455. The van der Waals surface area contributed by atoms with Crippen LogP contribution in [0.25, 0.3) is 17.6 Å². The van der Waals surface area contributed by atoms with Crippen LogP contribution in [0.1, 0.15) is 6.92 Å². The van der Waals surface area contributed by atoms with Crippen molar-refractivity contribution in [2.75, 3.05) is 6.61 Å². The minimum absolute atomic E-state index is 0.316. The predicted octanol–water partition coefficient (Wildman–Crippen LogP) is 2.03. The van der Waals surface area contributed by atoms with Gasteiger partial charge in [0.2, 0.25) is 0 Å². The highest BCUT2D eigenvalue weighted by Gasteiger charge is 2.10. The number of esters is 1. The van der Waals surface area contributed by atoms with Crippen LogP contribution in [-0.2, 0) is 9.53 Å². The van der Waals surface area contributed by atoms with Gasteiger partial charge in [0.15, 0.2) is 5.82 Å². The van der Waals surface area contributed by atoms with Crippen molar-refractivity contribution in [2.24, 2.45) is 0 Å². The number of carbonyl (C=O) groups is 1. The van der Waals surface area contributed by atoms with Gasteiger partial charge in [-0.2, -0.15) is 4.68 Å². The summed E-state index contributed by atoms with van der Waals surface area (Å²) in [5.41, 5.74) is 0.683. The molecule has 0 saturated carbocycles. The third-order valence-corrected chi connectivity index (χ3v) is 2.58. The van der Waals surface area contributed by atoms with Crippen LogP contribution in [-0.4, -0.2) is 32.8 Å². The molecule has 7 heteroatoms. The fraction of sp³-hybridized carbons (Fsp3) is 0.167. The summed E-state index contributed by atoms with van der Waals surface area (Å²) in [7, 11) is 0. The van der Waals surface area contributed by atoms with Crippen molar-refractivity contribution in [3.63, 3.8) is 0 Å². The molecule has 1 aromatic carbocycles. The summed E-state index contributed by atoms with van der Waals surface area (Å²) in [4.78, 5) is 11.2. The molecule has 0 bridgehead atoms. The number of benzene rings is 1. The molecule has 19 heavy (non-hydrogen) atoms. The van der Waals surface area contributed by atoms with E-state index in [0.29, 0.717) is 23.0 Å².